The van der Waals surface area contributed by atoms with Gasteiger partial charge in [-0.1, -0.05) is 17.7 Å². The molecule has 1 amide bonds. The van der Waals surface area contributed by atoms with Crippen molar-refractivity contribution in [3.8, 4) is 5.75 Å². The van der Waals surface area contributed by atoms with Crippen molar-refractivity contribution in [3.63, 3.8) is 0 Å². The number of rotatable bonds is 5. The fourth-order valence-electron chi connectivity index (χ4n) is 1.97. The molecule has 0 aliphatic heterocycles. The lowest BCUT2D eigenvalue weighted by Gasteiger charge is -2.16. The zero-order valence-electron chi connectivity index (χ0n) is 13.5. The molecule has 0 aromatic heterocycles. The second-order valence-corrected chi connectivity index (χ2v) is 7.90. The van der Waals surface area contributed by atoms with Crippen LogP contribution in [0.15, 0.2) is 47.4 Å². The minimum Gasteiger partial charge on any atom is -0.479 e. The first kappa shape index (κ1) is 18.3. The molecule has 1 atom stereocenters. The molecule has 0 bridgehead atoms. The fraction of sp³-hybridized carbons (Fsp3) is 0.235. The second kappa shape index (κ2) is 7.23. The number of anilines is 1. The largest absolute Gasteiger partial charge is 0.479 e. The van der Waals surface area contributed by atoms with Crippen molar-refractivity contribution in [2.75, 3.05) is 11.6 Å². The topological polar surface area (TPSA) is 72.5 Å². The number of benzene rings is 2. The van der Waals surface area contributed by atoms with Gasteiger partial charge in [-0.25, -0.2) is 8.42 Å². The average molecular weight is 368 g/mol. The molecule has 2 aromatic carbocycles. The van der Waals surface area contributed by atoms with E-state index in [0.717, 1.165) is 11.8 Å². The Morgan fingerprint density at radius 3 is 2.38 bits per heavy atom. The van der Waals surface area contributed by atoms with E-state index in [4.69, 9.17) is 16.3 Å². The van der Waals surface area contributed by atoms with Gasteiger partial charge in [0.1, 0.15) is 5.75 Å². The third-order valence-corrected chi connectivity index (χ3v) is 4.75. The molecule has 128 valence electrons. The van der Waals surface area contributed by atoms with E-state index in [1.807, 2.05) is 13.0 Å². The molecule has 0 aliphatic carbocycles. The Labute approximate surface area is 146 Å². The van der Waals surface area contributed by atoms with Crippen molar-refractivity contribution >= 4 is 33.0 Å². The quantitative estimate of drug-likeness (QED) is 0.878. The van der Waals surface area contributed by atoms with Crippen molar-refractivity contribution in [2.45, 2.75) is 24.8 Å². The van der Waals surface area contributed by atoms with Gasteiger partial charge in [0.15, 0.2) is 15.9 Å². The van der Waals surface area contributed by atoms with E-state index in [1.165, 1.54) is 24.3 Å². The van der Waals surface area contributed by atoms with Gasteiger partial charge in [-0.2, -0.15) is 0 Å². The molecule has 1 N–H and O–H groups in total. The van der Waals surface area contributed by atoms with E-state index in [9.17, 15) is 13.2 Å². The molecule has 0 saturated heterocycles. The van der Waals surface area contributed by atoms with Gasteiger partial charge >= 0.3 is 0 Å². The number of carbonyl (C=O) groups excluding carboxylic acids is 1. The summed E-state index contributed by atoms with van der Waals surface area (Å²) >= 11 is 6.05. The van der Waals surface area contributed by atoms with E-state index in [2.05, 4.69) is 5.32 Å². The van der Waals surface area contributed by atoms with Gasteiger partial charge in [0.2, 0.25) is 0 Å². The number of carbonyl (C=O) groups is 1. The zero-order chi connectivity index (χ0) is 17.9. The van der Waals surface area contributed by atoms with Crippen LogP contribution in [0.3, 0.4) is 0 Å². The molecule has 0 saturated carbocycles. The number of nitrogens with one attached hydrogen (secondary N) is 1. The van der Waals surface area contributed by atoms with Crippen LogP contribution in [-0.4, -0.2) is 26.7 Å². The summed E-state index contributed by atoms with van der Waals surface area (Å²) in [5.74, 6) is 0.0754. The minimum absolute atomic E-state index is 0.191. The smallest absolute Gasteiger partial charge is 0.265 e. The minimum atomic E-state index is -3.27. The fourth-order valence-corrected chi connectivity index (χ4v) is 2.77. The Morgan fingerprint density at radius 1 is 1.17 bits per heavy atom. The Morgan fingerprint density at radius 2 is 1.79 bits per heavy atom. The van der Waals surface area contributed by atoms with E-state index in [0.29, 0.717) is 16.5 Å². The third-order valence-electron chi connectivity index (χ3n) is 3.31. The lowest BCUT2D eigenvalue weighted by molar-refractivity contribution is -0.122. The number of halogens is 1. The van der Waals surface area contributed by atoms with Crippen molar-refractivity contribution in [1.29, 1.82) is 0 Å². The SMILES string of the molecule is Cc1ccc(Cl)c(OC(C)C(=O)Nc2ccc(S(C)(=O)=O)cc2)c1. The van der Waals surface area contributed by atoms with Crippen LogP contribution in [-0.2, 0) is 14.6 Å². The van der Waals surface area contributed by atoms with Gasteiger partial charge in [-0.15, -0.1) is 0 Å². The predicted molar refractivity (Wildman–Crippen MR) is 94.5 cm³/mol. The van der Waals surface area contributed by atoms with Crippen LogP contribution in [0.1, 0.15) is 12.5 Å². The van der Waals surface area contributed by atoms with Gasteiger partial charge < -0.3 is 10.1 Å². The van der Waals surface area contributed by atoms with E-state index in [1.54, 1.807) is 19.1 Å². The predicted octanol–water partition coefficient (Wildman–Crippen LogP) is 3.46. The molecule has 0 fully saturated rings. The highest BCUT2D eigenvalue weighted by molar-refractivity contribution is 7.90. The average Bonchev–Trinajstić information content (AvgIpc) is 2.50. The van der Waals surface area contributed by atoms with Crippen molar-refractivity contribution in [3.05, 3.63) is 53.1 Å². The first-order valence-corrected chi connectivity index (χ1v) is 9.47. The summed E-state index contributed by atoms with van der Waals surface area (Å²) < 4.78 is 28.4. The maximum atomic E-state index is 12.2. The molecule has 1 unspecified atom stereocenters. The summed E-state index contributed by atoms with van der Waals surface area (Å²) in [5.41, 5.74) is 1.46. The summed E-state index contributed by atoms with van der Waals surface area (Å²) in [6, 6.07) is 11.3. The molecular formula is C17H18ClNO4S. The molecule has 7 heteroatoms. The van der Waals surface area contributed by atoms with Gasteiger partial charge in [0.05, 0.1) is 9.92 Å². The standard InChI is InChI=1S/C17H18ClNO4S/c1-11-4-9-15(18)16(10-11)23-12(2)17(20)19-13-5-7-14(8-6-13)24(3,21)22/h4-10,12H,1-3H3,(H,19,20). The molecule has 5 nitrogen and oxygen atoms in total. The summed E-state index contributed by atoms with van der Waals surface area (Å²) in [7, 11) is -3.27. The van der Waals surface area contributed by atoms with Crippen LogP contribution in [0.5, 0.6) is 5.75 Å². The Hall–Kier alpha value is -2.05. The van der Waals surface area contributed by atoms with Crippen molar-refractivity contribution < 1.29 is 17.9 Å². The first-order valence-electron chi connectivity index (χ1n) is 7.20. The van der Waals surface area contributed by atoms with Crippen molar-refractivity contribution in [2.24, 2.45) is 0 Å². The lowest BCUT2D eigenvalue weighted by atomic mass is 10.2. The van der Waals surface area contributed by atoms with Crippen LogP contribution in [0.2, 0.25) is 5.02 Å². The van der Waals surface area contributed by atoms with Gasteiger partial charge in [-0.05, 0) is 55.8 Å². The van der Waals surface area contributed by atoms with Crippen LogP contribution < -0.4 is 10.1 Å². The number of aryl methyl sites for hydroxylation is 1. The molecule has 0 radical (unpaired) electrons. The Kier molecular flexibility index (Phi) is 5.51. The van der Waals surface area contributed by atoms with Crippen LogP contribution >= 0.6 is 11.6 Å². The Bertz CT molecular complexity index is 847. The van der Waals surface area contributed by atoms with Gasteiger partial charge in [0.25, 0.3) is 5.91 Å². The van der Waals surface area contributed by atoms with Crippen molar-refractivity contribution in [1.82, 2.24) is 0 Å². The third kappa shape index (κ3) is 4.72. The highest BCUT2D eigenvalue weighted by atomic mass is 35.5. The maximum absolute atomic E-state index is 12.2. The normalized spacial score (nSPS) is 12.5. The molecular weight excluding hydrogens is 350 g/mol. The second-order valence-electron chi connectivity index (χ2n) is 5.48. The zero-order valence-corrected chi connectivity index (χ0v) is 15.1. The molecule has 2 aromatic rings. The summed E-state index contributed by atoms with van der Waals surface area (Å²) in [6.07, 6.45) is 0.362. The highest BCUT2D eigenvalue weighted by Crippen LogP contribution is 2.26. The maximum Gasteiger partial charge on any atom is 0.265 e. The monoisotopic (exact) mass is 367 g/mol. The summed E-state index contributed by atoms with van der Waals surface area (Å²) in [5, 5.41) is 3.10. The number of ether oxygens (including phenoxy) is 1. The molecule has 24 heavy (non-hydrogen) atoms. The van der Waals surface area contributed by atoms with Crippen LogP contribution in [0.4, 0.5) is 5.69 Å². The molecule has 0 aliphatic rings. The Balaban J connectivity index is 2.05. The number of amides is 1. The van der Waals surface area contributed by atoms with Gasteiger partial charge in [-0.3, -0.25) is 4.79 Å². The van der Waals surface area contributed by atoms with Crippen LogP contribution in [0, 0.1) is 6.92 Å². The molecule has 0 spiro atoms. The number of sulfone groups is 1. The summed E-state index contributed by atoms with van der Waals surface area (Å²) in [4.78, 5) is 12.4. The molecule has 0 heterocycles. The van der Waals surface area contributed by atoms with E-state index in [-0.39, 0.29) is 10.8 Å². The highest BCUT2D eigenvalue weighted by Gasteiger charge is 2.17. The number of hydrogen-bond donors (Lipinski definition) is 1. The van der Waals surface area contributed by atoms with Crippen LogP contribution in [0.25, 0.3) is 0 Å². The number of hydrogen-bond acceptors (Lipinski definition) is 4. The van der Waals surface area contributed by atoms with Gasteiger partial charge in [0, 0.05) is 11.9 Å². The van der Waals surface area contributed by atoms with E-state index >= 15 is 0 Å². The first-order chi connectivity index (χ1) is 11.2. The summed E-state index contributed by atoms with van der Waals surface area (Å²) in [6.45, 7) is 3.51. The van der Waals surface area contributed by atoms with E-state index < -0.39 is 15.9 Å². The molecule has 2 rings (SSSR count). The lowest BCUT2D eigenvalue weighted by Crippen LogP contribution is -2.30.